The highest BCUT2D eigenvalue weighted by molar-refractivity contribution is 5.86. The molecule has 128 valence electrons. The Hall–Kier alpha value is -2.70. The molecule has 1 aromatic carbocycles. The van der Waals surface area contributed by atoms with E-state index < -0.39 is 0 Å². The second-order valence-electron chi connectivity index (χ2n) is 5.81. The van der Waals surface area contributed by atoms with Crippen molar-refractivity contribution in [1.29, 1.82) is 0 Å². The van der Waals surface area contributed by atoms with E-state index in [1.807, 2.05) is 20.8 Å². The molecular weight excluding hydrogens is 308 g/mol. The van der Waals surface area contributed by atoms with Gasteiger partial charge in [-0.1, -0.05) is 12.1 Å². The molecule has 0 spiro atoms. The van der Waals surface area contributed by atoms with E-state index >= 15 is 0 Å². The van der Waals surface area contributed by atoms with Crippen molar-refractivity contribution >= 4 is 22.7 Å². The van der Waals surface area contributed by atoms with E-state index in [1.54, 1.807) is 24.3 Å². The number of amides is 2. The van der Waals surface area contributed by atoms with Gasteiger partial charge in [-0.3, -0.25) is 19.1 Å². The zero-order valence-electron chi connectivity index (χ0n) is 14.2. The predicted octanol–water partition coefficient (Wildman–Crippen LogP) is 0.770. The van der Waals surface area contributed by atoms with Crippen molar-refractivity contribution in [2.24, 2.45) is 0 Å². The van der Waals surface area contributed by atoms with Gasteiger partial charge in [0.05, 0.1) is 18.3 Å². The minimum Gasteiger partial charge on any atom is -0.352 e. The van der Waals surface area contributed by atoms with Crippen molar-refractivity contribution in [2.75, 3.05) is 13.1 Å². The van der Waals surface area contributed by atoms with Crippen molar-refractivity contribution in [3.8, 4) is 0 Å². The number of carbonyl (C=O) groups excluding carboxylic acids is 2. The molecule has 24 heavy (non-hydrogen) atoms. The largest absolute Gasteiger partial charge is 0.352 e. The average Bonchev–Trinajstić information content (AvgIpc) is 2.54. The molecule has 2 rings (SSSR count). The highest BCUT2D eigenvalue weighted by atomic mass is 16.2. The van der Waals surface area contributed by atoms with Gasteiger partial charge < -0.3 is 10.2 Å². The zero-order chi connectivity index (χ0) is 17.7. The monoisotopic (exact) mass is 330 g/mol. The molecule has 0 aliphatic rings. The predicted molar refractivity (Wildman–Crippen MR) is 91.5 cm³/mol. The number of hydrogen-bond donors (Lipinski definition) is 1. The maximum atomic E-state index is 12.5. The fraction of sp³-hybridized carbons (Fsp3) is 0.412. The molecule has 1 aromatic heterocycles. The van der Waals surface area contributed by atoms with Crippen molar-refractivity contribution in [2.45, 2.75) is 33.4 Å². The molecule has 0 aliphatic carbocycles. The van der Waals surface area contributed by atoms with Crippen LogP contribution >= 0.6 is 0 Å². The lowest BCUT2D eigenvalue weighted by molar-refractivity contribution is -0.136. The van der Waals surface area contributed by atoms with Gasteiger partial charge in [-0.15, -0.1) is 0 Å². The molecule has 2 amide bonds. The smallest absolute Gasteiger partial charge is 0.244 e. The van der Waals surface area contributed by atoms with Gasteiger partial charge in [-0.05, 0) is 32.9 Å². The molecule has 0 atom stereocenters. The number of benzene rings is 1. The van der Waals surface area contributed by atoms with Crippen LogP contribution in [0.3, 0.4) is 0 Å². The zero-order valence-corrected chi connectivity index (χ0v) is 14.2. The number of nitrogens with zero attached hydrogens (tertiary/aromatic N) is 3. The summed E-state index contributed by atoms with van der Waals surface area (Å²) in [7, 11) is 0. The number of hydrogen-bond acceptors (Lipinski definition) is 4. The lowest BCUT2D eigenvalue weighted by atomic mass is 10.2. The quantitative estimate of drug-likeness (QED) is 0.848. The van der Waals surface area contributed by atoms with E-state index in [0.29, 0.717) is 17.4 Å². The summed E-state index contributed by atoms with van der Waals surface area (Å²) < 4.78 is 1.49. The van der Waals surface area contributed by atoms with E-state index in [4.69, 9.17) is 0 Å². The lowest BCUT2D eigenvalue weighted by Crippen LogP contribution is -2.43. The van der Waals surface area contributed by atoms with Crippen LogP contribution in [0.5, 0.6) is 0 Å². The molecule has 7 nitrogen and oxygen atoms in total. The third-order valence-corrected chi connectivity index (χ3v) is 3.57. The Balaban J connectivity index is 2.18. The summed E-state index contributed by atoms with van der Waals surface area (Å²) in [6.45, 7) is 5.95. The van der Waals surface area contributed by atoms with Crippen LogP contribution in [0.4, 0.5) is 0 Å². The molecule has 0 aliphatic heterocycles. The van der Waals surface area contributed by atoms with Gasteiger partial charge >= 0.3 is 0 Å². The highest BCUT2D eigenvalue weighted by Gasteiger charge is 2.17. The van der Waals surface area contributed by atoms with Crippen molar-refractivity contribution in [3.63, 3.8) is 0 Å². The van der Waals surface area contributed by atoms with Gasteiger partial charge in [0.15, 0.2) is 0 Å². The Kier molecular flexibility index (Phi) is 5.68. The van der Waals surface area contributed by atoms with Gasteiger partial charge in [-0.2, -0.15) is 5.10 Å². The average molecular weight is 330 g/mol. The van der Waals surface area contributed by atoms with Crippen LogP contribution in [0, 0.1) is 0 Å². The number of rotatable bonds is 6. The summed E-state index contributed by atoms with van der Waals surface area (Å²) in [6, 6.07) is 7.03. The van der Waals surface area contributed by atoms with Gasteiger partial charge in [0.25, 0.3) is 0 Å². The standard InChI is InChI=1S/C17H22N4O3/c1-4-20(10-16(23)19-12(2)3)17(24)11-21-14-8-6-5-7-13(14)15(22)9-18-21/h5-9,12H,4,10-11H2,1-3H3,(H,19,23). The van der Waals surface area contributed by atoms with E-state index in [0.717, 1.165) is 0 Å². The van der Waals surface area contributed by atoms with E-state index in [9.17, 15) is 14.4 Å². The van der Waals surface area contributed by atoms with Crippen molar-refractivity contribution < 1.29 is 9.59 Å². The summed E-state index contributed by atoms with van der Waals surface area (Å²) in [5, 5.41) is 7.33. The number of likely N-dealkylation sites (N-methyl/N-ethyl adjacent to an activating group) is 1. The first-order valence-electron chi connectivity index (χ1n) is 7.94. The molecule has 0 bridgehead atoms. The second kappa shape index (κ2) is 7.72. The van der Waals surface area contributed by atoms with Crippen LogP contribution in [0.25, 0.3) is 10.9 Å². The number of fused-ring (bicyclic) bond motifs is 1. The highest BCUT2D eigenvalue weighted by Crippen LogP contribution is 2.08. The molecule has 0 saturated heterocycles. The Morgan fingerprint density at radius 3 is 2.67 bits per heavy atom. The maximum absolute atomic E-state index is 12.5. The topological polar surface area (TPSA) is 84.3 Å². The summed E-state index contributed by atoms with van der Waals surface area (Å²) in [5.74, 6) is -0.421. The summed E-state index contributed by atoms with van der Waals surface area (Å²) in [5.41, 5.74) is 0.416. The van der Waals surface area contributed by atoms with Crippen molar-refractivity contribution in [1.82, 2.24) is 20.0 Å². The van der Waals surface area contributed by atoms with Crippen LogP contribution in [0.15, 0.2) is 35.3 Å². The SMILES string of the molecule is CCN(CC(=O)NC(C)C)C(=O)Cn1ncc(=O)c2ccccc21. The summed E-state index contributed by atoms with van der Waals surface area (Å²) >= 11 is 0. The van der Waals surface area contributed by atoms with Crippen molar-refractivity contribution in [3.05, 3.63) is 40.7 Å². The third kappa shape index (κ3) is 4.18. The molecule has 2 aromatic rings. The molecule has 0 unspecified atom stereocenters. The van der Waals surface area contributed by atoms with Crippen LogP contribution in [0.1, 0.15) is 20.8 Å². The van der Waals surface area contributed by atoms with Crippen LogP contribution in [-0.2, 0) is 16.1 Å². The molecule has 0 saturated carbocycles. The first kappa shape index (κ1) is 17.7. The minimum atomic E-state index is -0.224. The minimum absolute atomic E-state index is 0.00560. The first-order valence-corrected chi connectivity index (χ1v) is 7.94. The maximum Gasteiger partial charge on any atom is 0.244 e. The van der Waals surface area contributed by atoms with Gasteiger partial charge in [0.2, 0.25) is 17.2 Å². The summed E-state index contributed by atoms with van der Waals surface area (Å²) in [6.07, 6.45) is 1.21. The molecule has 1 N–H and O–H groups in total. The van der Waals surface area contributed by atoms with E-state index in [1.165, 1.54) is 15.8 Å². The molecule has 0 fully saturated rings. The van der Waals surface area contributed by atoms with Gasteiger partial charge in [0, 0.05) is 18.0 Å². The lowest BCUT2D eigenvalue weighted by Gasteiger charge is -2.21. The van der Waals surface area contributed by atoms with Crippen LogP contribution in [0.2, 0.25) is 0 Å². The number of carbonyl (C=O) groups is 2. The normalized spacial score (nSPS) is 10.8. The Bertz CT molecular complexity index is 798. The van der Waals surface area contributed by atoms with Gasteiger partial charge in [-0.25, -0.2) is 0 Å². The number of nitrogens with one attached hydrogen (secondary N) is 1. The Labute approximate surface area is 140 Å². The Morgan fingerprint density at radius 1 is 1.29 bits per heavy atom. The molecule has 7 heteroatoms. The summed E-state index contributed by atoms with van der Waals surface area (Å²) in [4.78, 5) is 37.7. The first-order chi connectivity index (χ1) is 11.4. The molecule has 0 radical (unpaired) electrons. The molecule has 1 heterocycles. The number of para-hydroxylation sites is 1. The fourth-order valence-electron chi connectivity index (χ4n) is 2.43. The molecular formula is C17H22N4O3. The fourth-order valence-corrected chi connectivity index (χ4v) is 2.43. The van der Waals surface area contributed by atoms with Crippen LogP contribution < -0.4 is 10.7 Å². The van der Waals surface area contributed by atoms with Gasteiger partial charge in [0.1, 0.15) is 6.54 Å². The van der Waals surface area contributed by atoms with E-state index in [-0.39, 0.29) is 36.4 Å². The number of aromatic nitrogens is 2. The third-order valence-electron chi connectivity index (χ3n) is 3.57. The second-order valence-corrected chi connectivity index (χ2v) is 5.81. The van der Waals surface area contributed by atoms with Crippen LogP contribution in [-0.4, -0.2) is 45.6 Å². The van der Waals surface area contributed by atoms with E-state index in [2.05, 4.69) is 10.4 Å². The Morgan fingerprint density at radius 2 is 2.00 bits per heavy atom.